The SMILES string of the molecule is Cc1ccc(NC(=O)CNC(=O)CC(c2ccccc2)c2ccccc2)cc1. The van der Waals surface area contributed by atoms with Crippen molar-refractivity contribution in [3.05, 3.63) is 102 Å². The van der Waals surface area contributed by atoms with Gasteiger partial charge in [0.25, 0.3) is 0 Å². The van der Waals surface area contributed by atoms with Gasteiger partial charge in [-0.15, -0.1) is 0 Å². The molecule has 3 aromatic carbocycles. The molecule has 0 bridgehead atoms. The summed E-state index contributed by atoms with van der Waals surface area (Å²) < 4.78 is 0. The molecule has 4 nitrogen and oxygen atoms in total. The van der Waals surface area contributed by atoms with Gasteiger partial charge in [-0.25, -0.2) is 0 Å². The number of hydrogen-bond acceptors (Lipinski definition) is 2. The summed E-state index contributed by atoms with van der Waals surface area (Å²) in [4.78, 5) is 24.6. The highest BCUT2D eigenvalue weighted by atomic mass is 16.2. The molecule has 2 N–H and O–H groups in total. The summed E-state index contributed by atoms with van der Waals surface area (Å²) in [7, 11) is 0. The number of carbonyl (C=O) groups excluding carboxylic acids is 2. The maximum atomic E-state index is 12.5. The number of benzene rings is 3. The molecule has 0 unspecified atom stereocenters. The summed E-state index contributed by atoms with van der Waals surface area (Å²) in [6.07, 6.45) is 0.284. The number of nitrogens with one attached hydrogen (secondary N) is 2. The molecular weight excluding hydrogens is 348 g/mol. The van der Waals surface area contributed by atoms with Crippen LogP contribution in [0.1, 0.15) is 29.0 Å². The molecule has 4 heteroatoms. The minimum Gasteiger partial charge on any atom is -0.347 e. The van der Waals surface area contributed by atoms with E-state index in [1.54, 1.807) is 0 Å². The number of carbonyl (C=O) groups is 2. The largest absolute Gasteiger partial charge is 0.347 e. The average Bonchev–Trinajstić information content (AvgIpc) is 2.73. The Bertz CT molecular complexity index is 867. The predicted molar refractivity (Wildman–Crippen MR) is 112 cm³/mol. The zero-order chi connectivity index (χ0) is 19.8. The Kier molecular flexibility index (Phi) is 6.58. The third-order valence-corrected chi connectivity index (χ3v) is 4.57. The lowest BCUT2D eigenvalue weighted by molar-refractivity contribution is -0.124. The van der Waals surface area contributed by atoms with Crippen LogP contribution in [0.2, 0.25) is 0 Å². The molecule has 0 atom stereocenters. The lowest BCUT2D eigenvalue weighted by Gasteiger charge is -2.18. The third-order valence-electron chi connectivity index (χ3n) is 4.57. The van der Waals surface area contributed by atoms with Crippen LogP contribution in [0.3, 0.4) is 0 Å². The van der Waals surface area contributed by atoms with Crippen LogP contribution in [0, 0.1) is 6.92 Å². The molecule has 0 aliphatic rings. The van der Waals surface area contributed by atoms with Gasteiger partial charge in [-0.05, 0) is 30.2 Å². The Labute approximate surface area is 165 Å². The summed E-state index contributed by atoms with van der Waals surface area (Å²) in [6.45, 7) is 1.94. The van der Waals surface area contributed by atoms with E-state index in [-0.39, 0.29) is 30.7 Å². The monoisotopic (exact) mass is 372 g/mol. The molecule has 28 heavy (non-hydrogen) atoms. The second-order valence-electron chi connectivity index (χ2n) is 6.77. The normalized spacial score (nSPS) is 10.5. The van der Waals surface area contributed by atoms with Crippen LogP contribution in [0.4, 0.5) is 5.69 Å². The fraction of sp³-hybridized carbons (Fsp3) is 0.167. The van der Waals surface area contributed by atoms with E-state index < -0.39 is 0 Å². The van der Waals surface area contributed by atoms with Gasteiger partial charge >= 0.3 is 0 Å². The molecule has 0 heterocycles. The minimum atomic E-state index is -0.242. The Morgan fingerprint density at radius 3 is 1.82 bits per heavy atom. The first-order valence-electron chi connectivity index (χ1n) is 9.35. The zero-order valence-corrected chi connectivity index (χ0v) is 15.9. The van der Waals surface area contributed by atoms with E-state index in [0.29, 0.717) is 0 Å². The maximum Gasteiger partial charge on any atom is 0.243 e. The Balaban J connectivity index is 1.59. The lowest BCUT2D eigenvalue weighted by atomic mass is 9.88. The molecule has 0 fully saturated rings. The zero-order valence-electron chi connectivity index (χ0n) is 15.9. The third kappa shape index (κ3) is 5.55. The van der Waals surface area contributed by atoms with E-state index in [4.69, 9.17) is 0 Å². The summed E-state index contributed by atoms with van der Waals surface area (Å²) in [5.41, 5.74) is 4.00. The van der Waals surface area contributed by atoms with Gasteiger partial charge in [0.1, 0.15) is 0 Å². The summed E-state index contributed by atoms with van der Waals surface area (Å²) in [5, 5.41) is 5.52. The van der Waals surface area contributed by atoms with Crippen molar-refractivity contribution in [1.29, 1.82) is 0 Å². The fourth-order valence-electron chi connectivity index (χ4n) is 3.08. The predicted octanol–water partition coefficient (Wildman–Crippen LogP) is 4.27. The van der Waals surface area contributed by atoms with Gasteiger partial charge in [0, 0.05) is 18.0 Å². The van der Waals surface area contributed by atoms with Gasteiger partial charge in [0.2, 0.25) is 11.8 Å². The molecule has 0 aliphatic heterocycles. The van der Waals surface area contributed by atoms with Crippen LogP contribution in [-0.2, 0) is 9.59 Å². The van der Waals surface area contributed by atoms with E-state index in [0.717, 1.165) is 22.4 Å². The molecule has 0 aromatic heterocycles. The summed E-state index contributed by atoms with van der Waals surface area (Å²) in [6, 6.07) is 27.4. The standard InChI is InChI=1S/C24H24N2O2/c1-18-12-14-21(15-13-18)26-24(28)17-25-23(27)16-22(19-8-4-2-5-9-19)20-10-6-3-7-11-20/h2-15,22H,16-17H2,1H3,(H,25,27)(H,26,28). The lowest BCUT2D eigenvalue weighted by Crippen LogP contribution is -2.33. The van der Waals surface area contributed by atoms with E-state index in [2.05, 4.69) is 10.6 Å². The van der Waals surface area contributed by atoms with Crippen LogP contribution in [-0.4, -0.2) is 18.4 Å². The van der Waals surface area contributed by atoms with Crippen molar-refractivity contribution in [2.45, 2.75) is 19.3 Å². The first kappa shape index (κ1) is 19.4. The van der Waals surface area contributed by atoms with Crippen molar-refractivity contribution in [1.82, 2.24) is 5.32 Å². The minimum absolute atomic E-state index is 0.0526. The van der Waals surface area contributed by atoms with Gasteiger partial charge in [-0.2, -0.15) is 0 Å². The first-order chi connectivity index (χ1) is 13.6. The van der Waals surface area contributed by atoms with Crippen LogP contribution in [0.5, 0.6) is 0 Å². The summed E-state index contributed by atoms with van der Waals surface area (Å²) in [5.74, 6) is -0.451. The van der Waals surface area contributed by atoms with Crippen LogP contribution >= 0.6 is 0 Å². The quantitative estimate of drug-likeness (QED) is 0.651. The van der Waals surface area contributed by atoms with Gasteiger partial charge in [0.15, 0.2) is 0 Å². The molecule has 3 aromatic rings. The topological polar surface area (TPSA) is 58.2 Å². The summed E-state index contributed by atoms with van der Waals surface area (Å²) >= 11 is 0. The van der Waals surface area contributed by atoms with E-state index in [9.17, 15) is 9.59 Å². The van der Waals surface area contributed by atoms with Crippen molar-refractivity contribution in [2.75, 3.05) is 11.9 Å². The number of hydrogen-bond donors (Lipinski definition) is 2. The second kappa shape index (κ2) is 9.51. The molecule has 3 rings (SSSR count). The Morgan fingerprint density at radius 2 is 1.29 bits per heavy atom. The number of anilines is 1. The van der Waals surface area contributed by atoms with Crippen LogP contribution in [0.15, 0.2) is 84.9 Å². The smallest absolute Gasteiger partial charge is 0.243 e. The molecule has 0 spiro atoms. The average molecular weight is 372 g/mol. The number of amides is 2. The molecule has 0 saturated heterocycles. The number of aryl methyl sites for hydroxylation is 1. The molecule has 0 saturated carbocycles. The van der Waals surface area contributed by atoms with E-state index in [1.165, 1.54) is 0 Å². The van der Waals surface area contributed by atoms with Crippen LogP contribution in [0.25, 0.3) is 0 Å². The van der Waals surface area contributed by atoms with Crippen LogP contribution < -0.4 is 10.6 Å². The number of rotatable bonds is 7. The molecular formula is C24H24N2O2. The Hall–Kier alpha value is -3.40. The van der Waals surface area contributed by atoms with Gasteiger partial charge in [-0.3, -0.25) is 9.59 Å². The van der Waals surface area contributed by atoms with E-state index >= 15 is 0 Å². The highest BCUT2D eigenvalue weighted by Crippen LogP contribution is 2.27. The maximum absolute atomic E-state index is 12.5. The highest BCUT2D eigenvalue weighted by molar-refractivity contribution is 5.94. The Morgan fingerprint density at radius 1 is 0.750 bits per heavy atom. The fourth-order valence-corrected chi connectivity index (χ4v) is 3.08. The van der Waals surface area contributed by atoms with Crippen molar-refractivity contribution >= 4 is 17.5 Å². The second-order valence-corrected chi connectivity index (χ2v) is 6.77. The molecule has 142 valence electrons. The molecule has 2 amide bonds. The molecule has 0 aliphatic carbocycles. The first-order valence-corrected chi connectivity index (χ1v) is 9.35. The van der Waals surface area contributed by atoms with Gasteiger partial charge < -0.3 is 10.6 Å². The van der Waals surface area contributed by atoms with Crippen molar-refractivity contribution in [3.63, 3.8) is 0 Å². The van der Waals surface area contributed by atoms with Crippen molar-refractivity contribution < 1.29 is 9.59 Å². The van der Waals surface area contributed by atoms with Crippen molar-refractivity contribution in [2.24, 2.45) is 0 Å². The van der Waals surface area contributed by atoms with Crippen molar-refractivity contribution in [3.8, 4) is 0 Å². The van der Waals surface area contributed by atoms with Gasteiger partial charge in [-0.1, -0.05) is 78.4 Å². The molecule has 0 radical (unpaired) electrons. The highest BCUT2D eigenvalue weighted by Gasteiger charge is 2.18. The van der Waals surface area contributed by atoms with Gasteiger partial charge in [0.05, 0.1) is 6.54 Å². The van der Waals surface area contributed by atoms with E-state index in [1.807, 2.05) is 91.9 Å².